The van der Waals surface area contributed by atoms with Gasteiger partial charge in [0, 0.05) is 16.3 Å². The summed E-state index contributed by atoms with van der Waals surface area (Å²) >= 11 is 1.44. The molecule has 0 N–H and O–H groups in total. The number of hydrogen-bond acceptors (Lipinski definition) is 5. The van der Waals surface area contributed by atoms with Crippen molar-refractivity contribution in [1.29, 1.82) is 0 Å². The van der Waals surface area contributed by atoms with Gasteiger partial charge in [-0.1, -0.05) is 24.3 Å². The van der Waals surface area contributed by atoms with Gasteiger partial charge in [0.15, 0.2) is 5.69 Å². The molecular formula is C18H17NO3S. The fourth-order valence-corrected chi connectivity index (χ4v) is 3.26. The number of benzene rings is 2. The Hall–Kier alpha value is -2.40. The first-order chi connectivity index (χ1) is 11.2. The van der Waals surface area contributed by atoms with Crippen LogP contribution < -0.4 is 4.74 Å². The number of rotatable bonds is 5. The molecule has 118 valence electrons. The third-order valence-corrected chi connectivity index (χ3v) is 4.28. The third-order valence-electron chi connectivity index (χ3n) is 3.40. The van der Waals surface area contributed by atoms with Gasteiger partial charge in [-0.3, -0.25) is 0 Å². The monoisotopic (exact) mass is 327 g/mol. The molecule has 0 spiro atoms. The molecule has 0 radical (unpaired) electrons. The minimum Gasteiger partial charge on any atom is -0.493 e. The van der Waals surface area contributed by atoms with Gasteiger partial charge in [-0.05, 0) is 31.4 Å². The molecule has 0 unspecified atom stereocenters. The van der Waals surface area contributed by atoms with E-state index >= 15 is 0 Å². The minimum absolute atomic E-state index is 0.345. The molecule has 4 nitrogen and oxygen atoms in total. The Balaban J connectivity index is 2.07. The van der Waals surface area contributed by atoms with E-state index in [-0.39, 0.29) is 5.97 Å². The van der Waals surface area contributed by atoms with E-state index in [1.807, 2.05) is 43.3 Å². The fraction of sp³-hybridized carbons (Fsp3) is 0.222. The van der Waals surface area contributed by atoms with Gasteiger partial charge in [-0.25, -0.2) is 9.78 Å². The van der Waals surface area contributed by atoms with E-state index in [9.17, 15) is 4.79 Å². The average Bonchev–Trinajstić information content (AvgIpc) is 3.05. The number of aromatic nitrogens is 1. The Morgan fingerprint density at radius 2 is 1.87 bits per heavy atom. The van der Waals surface area contributed by atoms with Crippen LogP contribution in [0.5, 0.6) is 5.75 Å². The quantitative estimate of drug-likeness (QED) is 0.646. The van der Waals surface area contributed by atoms with E-state index in [0.717, 1.165) is 27.1 Å². The largest absolute Gasteiger partial charge is 0.493 e. The highest BCUT2D eigenvalue weighted by molar-refractivity contribution is 7.13. The summed E-state index contributed by atoms with van der Waals surface area (Å²) in [7, 11) is 0. The Labute approximate surface area is 138 Å². The Kier molecular flexibility index (Phi) is 4.57. The van der Waals surface area contributed by atoms with Gasteiger partial charge in [0.25, 0.3) is 0 Å². The number of thiazole rings is 1. The van der Waals surface area contributed by atoms with Crippen molar-refractivity contribution in [2.24, 2.45) is 0 Å². The summed E-state index contributed by atoms with van der Waals surface area (Å²) in [6.07, 6.45) is 0. The second-order valence-corrected chi connectivity index (χ2v) is 5.71. The number of esters is 1. The van der Waals surface area contributed by atoms with E-state index in [2.05, 4.69) is 4.98 Å². The molecule has 0 aliphatic carbocycles. The lowest BCUT2D eigenvalue weighted by atomic mass is 10.0. The molecule has 0 saturated carbocycles. The van der Waals surface area contributed by atoms with Crippen molar-refractivity contribution in [1.82, 2.24) is 4.98 Å². The van der Waals surface area contributed by atoms with Crippen molar-refractivity contribution in [3.05, 3.63) is 47.5 Å². The molecule has 0 atom stereocenters. The van der Waals surface area contributed by atoms with Gasteiger partial charge in [0.2, 0.25) is 0 Å². The summed E-state index contributed by atoms with van der Waals surface area (Å²) < 4.78 is 10.7. The second-order valence-electron chi connectivity index (χ2n) is 4.85. The molecule has 1 heterocycles. The van der Waals surface area contributed by atoms with Crippen LogP contribution in [0.25, 0.3) is 21.3 Å². The molecule has 0 aliphatic rings. The van der Waals surface area contributed by atoms with Crippen molar-refractivity contribution in [3.63, 3.8) is 0 Å². The number of ether oxygens (including phenoxy) is 2. The van der Waals surface area contributed by atoms with E-state index in [4.69, 9.17) is 9.47 Å². The van der Waals surface area contributed by atoms with Gasteiger partial charge >= 0.3 is 5.97 Å². The predicted molar refractivity (Wildman–Crippen MR) is 92.2 cm³/mol. The summed E-state index contributed by atoms with van der Waals surface area (Å²) in [4.78, 5) is 16.2. The van der Waals surface area contributed by atoms with Gasteiger partial charge in [-0.2, -0.15) is 0 Å². The minimum atomic E-state index is -0.384. The number of carbonyl (C=O) groups is 1. The van der Waals surface area contributed by atoms with Gasteiger partial charge in [0.1, 0.15) is 10.8 Å². The lowest BCUT2D eigenvalue weighted by Gasteiger charge is -2.10. The normalized spacial score (nSPS) is 10.7. The summed E-state index contributed by atoms with van der Waals surface area (Å²) in [6, 6.07) is 12.0. The van der Waals surface area contributed by atoms with Crippen LogP contribution in [0.1, 0.15) is 24.3 Å². The zero-order valence-electron chi connectivity index (χ0n) is 13.0. The second kappa shape index (κ2) is 6.79. The first-order valence-electron chi connectivity index (χ1n) is 7.52. The summed E-state index contributed by atoms with van der Waals surface area (Å²) in [5.41, 5.74) is 1.34. The first kappa shape index (κ1) is 15.5. The van der Waals surface area contributed by atoms with Crippen molar-refractivity contribution < 1.29 is 14.3 Å². The van der Waals surface area contributed by atoms with Gasteiger partial charge < -0.3 is 9.47 Å². The van der Waals surface area contributed by atoms with Crippen LogP contribution in [0, 0.1) is 0 Å². The number of nitrogens with zero attached hydrogens (tertiary/aromatic N) is 1. The maximum absolute atomic E-state index is 11.8. The molecule has 23 heavy (non-hydrogen) atoms. The highest BCUT2D eigenvalue weighted by Crippen LogP contribution is 2.35. The predicted octanol–water partition coefficient (Wildman–Crippen LogP) is 4.54. The van der Waals surface area contributed by atoms with Crippen molar-refractivity contribution >= 4 is 28.1 Å². The van der Waals surface area contributed by atoms with Gasteiger partial charge in [-0.15, -0.1) is 11.3 Å². The SMILES string of the molecule is CCOC(=O)c1csc(-c2ccc(OCC)c3ccccc23)n1. The van der Waals surface area contributed by atoms with Crippen LogP contribution >= 0.6 is 11.3 Å². The maximum atomic E-state index is 11.8. The molecule has 0 amide bonds. The molecular weight excluding hydrogens is 310 g/mol. The smallest absolute Gasteiger partial charge is 0.357 e. The summed E-state index contributed by atoms with van der Waals surface area (Å²) in [5, 5.41) is 4.63. The number of fused-ring (bicyclic) bond motifs is 1. The van der Waals surface area contributed by atoms with Crippen LogP contribution in [0.2, 0.25) is 0 Å². The first-order valence-corrected chi connectivity index (χ1v) is 8.40. The molecule has 5 heteroatoms. The van der Waals surface area contributed by atoms with E-state index in [1.165, 1.54) is 11.3 Å². The average molecular weight is 327 g/mol. The van der Waals surface area contributed by atoms with Crippen molar-refractivity contribution in [3.8, 4) is 16.3 Å². The molecule has 3 aromatic rings. The van der Waals surface area contributed by atoms with Crippen LogP contribution in [-0.2, 0) is 4.74 Å². The van der Waals surface area contributed by atoms with Gasteiger partial charge in [0.05, 0.1) is 13.2 Å². The third kappa shape index (κ3) is 3.05. The molecule has 1 aromatic heterocycles. The zero-order chi connectivity index (χ0) is 16.2. The lowest BCUT2D eigenvalue weighted by molar-refractivity contribution is 0.0520. The zero-order valence-corrected chi connectivity index (χ0v) is 13.9. The van der Waals surface area contributed by atoms with E-state index < -0.39 is 0 Å². The molecule has 0 aliphatic heterocycles. The van der Waals surface area contributed by atoms with E-state index in [1.54, 1.807) is 12.3 Å². The standard InChI is InChI=1S/C18H17NO3S/c1-3-21-16-10-9-14(12-7-5-6-8-13(12)16)17-19-15(11-23-17)18(20)22-4-2/h5-11H,3-4H2,1-2H3. The lowest BCUT2D eigenvalue weighted by Crippen LogP contribution is -2.04. The molecule has 0 fully saturated rings. The topological polar surface area (TPSA) is 48.4 Å². The summed E-state index contributed by atoms with van der Waals surface area (Å²) in [5.74, 6) is 0.472. The van der Waals surface area contributed by atoms with E-state index in [0.29, 0.717) is 18.9 Å². The Morgan fingerprint density at radius 1 is 1.09 bits per heavy atom. The number of carbonyl (C=O) groups excluding carboxylic acids is 1. The fourth-order valence-electron chi connectivity index (χ4n) is 2.44. The Bertz CT molecular complexity index is 841. The number of hydrogen-bond donors (Lipinski definition) is 0. The van der Waals surface area contributed by atoms with Crippen LogP contribution in [0.3, 0.4) is 0 Å². The highest BCUT2D eigenvalue weighted by atomic mass is 32.1. The summed E-state index contributed by atoms with van der Waals surface area (Å²) in [6.45, 7) is 4.71. The molecule has 0 saturated heterocycles. The molecule has 0 bridgehead atoms. The highest BCUT2D eigenvalue weighted by Gasteiger charge is 2.15. The van der Waals surface area contributed by atoms with Crippen molar-refractivity contribution in [2.75, 3.05) is 13.2 Å². The Morgan fingerprint density at radius 3 is 2.61 bits per heavy atom. The molecule has 2 aromatic carbocycles. The van der Waals surface area contributed by atoms with Crippen LogP contribution in [0.15, 0.2) is 41.8 Å². The molecule has 3 rings (SSSR count). The van der Waals surface area contributed by atoms with Crippen LogP contribution in [0.4, 0.5) is 0 Å². The van der Waals surface area contributed by atoms with Crippen molar-refractivity contribution in [2.45, 2.75) is 13.8 Å². The maximum Gasteiger partial charge on any atom is 0.357 e. The van der Waals surface area contributed by atoms with Crippen LogP contribution in [-0.4, -0.2) is 24.2 Å².